The Morgan fingerprint density at radius 3 is 3.12 bits per heavy atom. The maximum Gasteiger partial charge on any atom is 0.253 e. The molecule has 0 aliphatic carbocycles. The standard InChI is InChI=1S/C13H18N2O2/c1-9(17-2)13(16)15-12-5-3-4-10-8-14-7-6-11(10)12/h3-5,9,14H,6-8H2,1-2H3,(H,15,16). The minimum Gasteiger partial charge on any atom is -0.372 e. The Kier molecular flexibility index (Phi) is 3.76. The van der Waals surface area contributed by atoms with Crippen LogP contribution in [0, 0.1) is 0 Å². The van der Waals surface area contributed by atoms with E-state index in [9.17, 15) is 4.79 Å². The maximum absolute atomic E-state index is 11.8. The first-order valence-electron chi connectivity index (χ1n) is 5.87. The molecule has 2 rings (SSSR count). The number of carbonyl (C=O) groups is 1. The van der Waals surface area contributed by atoms with E-state index in [2.05, 4.69) is 16.7 Å². The Morgan fingerprint density at radius 1 is 1.53 bits per heavy atom. The van der Waals surface area contributed by atoms with E-state index in [-0.39, 0.29) is 5.91 Å². The summed E-state index contributed by atoms with van der Waals surface area (Å²) in [6.07, 6.45) is 0.528. The van der Waals surface area contributed by atoms with E-state index < -0.39 is 6.10 Å². The van der Waals surface area contributed by atoms with Crippen LogP contribution >= 0.6 is 0 Å². The minimum absolute atomic E-state index is 0.0977. The Labute approximate surface area is 101 Å². The van der Waals surface area contributed by atoms with E-state index in [4.69, 9.17) is 4.74 Å². The zero-order chi connectivity index (χ0) is 12.3. The minimum atomic E-state index is -0.424. The number of rotatable bonds is 3. The second-order valence-corrected chi connectivity index (χ2v) is 4.24. The van der Waals surface area contributed by atoms with Gasteiger partial charge in [-0.15, -0.1) is 0 Å². The number of amides is 1. The third-order valence-corrected chi connectivity index (χ3v) is 3.12. The van der Waals surface area contributed by atoms with Crippen LogP contribution in [-0.2, 0) is 22.5 Å². The van der Waals surface area contributed by atoms with E-state index in [1.165, 1.54) is 18.2 Å². The summed E-state index contributed by atoms with van der Waals surface area (Å²) >= 11 is 0. The van der Waals surface area contributed by atoms with Crippen LogP contribution in [0.2, 0.25) is 0 Å². The van der Waals surface area contributed by atoms with Gasteiger partial charge in [-0.05, 0) is 37.1 Å². The summed E-state index contributed by atoms with van der Waals surface area (Å²) in [7, 11) is 1.54. The highest BCUT2D eigenvalue weighted by Crippen LogP contribution is 2.23. The van der Waals surface area contributed by atoms with Crippen molar-refractivity contribution in [3.05, 3.63) is 29.3 Å². The zero-order valence-corrected chi connectivity index (χ0v) is 10.2. The number of ether oxygens (including phenoxy) is 1. The van der Waals surface area contributed by atoms with Crippen LogP contribution in [0.3, 0.4) is 0 Å². The number of benzene rings is 1. The van der Waals surface area contributed by atoms with Gasteiger partial charge >= 0.3 is 0 Å². The lowest BCUT2D eigenvalue weighted by Crippen LogP contribution is -2.29. The third kappa shape index (κ3) is 2.65. The van der Waals surface area contributed by atoms with Gasteiger partial charge in [-0.1, -0.05) is 12.1 Å². The predicted octanol–water partition coefficient (Wildman–Crippen LogP) is 1.31. The molecule has 0 saturated carbocycles. The Hall–Kier alpha value is -1.39. The van der Waals surface area contributed by atoms with Gasteiger partial charge in [-0.25, -0.2) is 0 Å². The van der Waals surface area contributed by atoms with Gasteiger partial charge in [-0.2, -0.15) is 0 Å². The van der Waals surface area contributed by atoms with E-state index in [0.717, 1.165) is 25.2 Å². The number of hydrogen-bond donors (Lipinski definition) is 2. The molecular formula is C13H18N2O2. The summed E-state index contributed by atoms with van der Waals surface area (Å²) < 4.78 is 5.00. The number of carbonyl (C=O) groups excluding carboxylic acids is 1. The largest absolute Gasteiger partial charge is 0.372 e. The van der Waals surface area contributed by atoms with Crippen LogP contribution in [0.15, 0.2) is 18.2 Å². The van der Waals surface area contributed by atoms with Crippen molar-refractivity contribution in [3.63, 3.8) is 0 Å². The second-order valence-electron chi connectivity index (χ2n) is 4.24. The first kappa shape index (κ1) is 12.1. The molecular weight excluding hydrogens is 216 g/mol. The highest BCUT2D eigenvalue weighted by molar-refractivity contribution is 5.94. The van der Waals surface area contributed by atoms with Crippen molar-refractivity contribution in [2.45, 2.75) is 26.0 Å². The Balaban J connectivity index is 2.18. The molecule has 0 bridgehead atoms. The van der Waals surface area contributed by atoms with Crippen molar-refractivity contribution in [1.29, 1.82) is 0 Å². The van der Waals surface area contributed by atoms with Gasteiger partial charge in [0.05, 0.1) is 0 Å². The summed E-state index contributed by atoms with van der Waals surface area (Å²) in [5.74, 6) is -0.0977. The predicted molar refractivity (Wildman–Crippen MR) is 67.0 cm³/mol. The first-order chi connectivity index (χ1) is 8.22. The molecule has 0 saturated heterocycles. The second kappa shape index (κ2) is 5.29. The van der Waals surface area contributed by atoms with Crippen LogP contribution in [0.1, 0.15) is 18.1 Å². The molecule has 1 heterocycles. The molecule has 17 heavy (non-hydrogen) atoms. The topological polar surface area (TPSA) is 50.4 Å². The molecule has 0 radical (unpaired) electrons. The molecule has 1 amide bonds. The molecule has 0 spiro atoms. The van der Waals surface area contributed by atoms with Crippen LogP contribution in [0.5, 0.6) is 0 Å². The first-order valence-corrected chi connectivity index (χ1v) is 5.87. The van der Waals surface area contributed by atoms with Gasteiger partial charge in [-0.3, -0.25) is 4.79 Å². The monoisotopic (exact) mass is 234 g/mol. The summed E-state index contributed by atoms with van der Waals surface area (Å²) in [4.78, 5) is 11.8. The summed E-state index contributed by atoms with van der Waals surface area (Å²) in [6.45, 7) is 3.57. The average molecular weight is 234 g/mol. The van der Waals surface area contributed by atoms with Crippen molar-refractivity contribution < 1.29 is 9.53 Å². The lowest BCUT2D eigenvalue weighted by molar-refractivity contribution is -0.124. The molecule has 1 aromatic rings. The van der Waals surface area contributed by atoms with Crippen molar-refractivity contribution in [2.24, 2.45) is 0 Å². The van der Waals surface area contributed by atoms with Crippen LogP contribution < -0.4 is 10.6 Å². The molecule has 92 valence electrons. The lowest BCUT2D eigenvalue weighted by Gasteiger charge is -2.21. The smallest absolute Gasteiger partial charge is 0.253 e. The van der Waals surface area contributed by atoms with E-state index in [0.29, 0.717) is 0 Å². The molecule has 1 unspecified atom stereocenters. The van der Waals surface area contributed by atoms with Gasteiger partial charge in [0, 0.05) is 19.3 Å². The average Bonchev–Trinajstić information content (AvgIpc) is 2.38. The van der Waals surface area contributed by atoms with Gasteiger partial charge < -0.3 is 15.4 Å². The SMILES string of the molecule is COC(C)C(=O)Nc1cccc2c1CCNC2. The van der Waals surface area contributed by atoms with Gasteiger partial charge in [0.1, 0.15) is 6.10 Å². The quantitative estimate of drug-likeness (QED) is 0.829. The van der Waals surface area contributed by atoms with Crippen LogP contribution in [0.25, 0.3) is 0 Å². The van der Waals surface area contributed by atoms with Crippen molar-refractivity contribution in [3.8, 4) is 0 Å². The fraction of sp³-hybridized carbons (Fsp3) is 0.462. The normalized spacial score (nSPS) is 16.1. The maximum atomic E-state index is 11.8. The lowest BCUT2D eigenvalue weighted by atomic mass is 9.99. The zero-order valence-electron chi connectivity index (χ0n) is 10.2. The van der Waals surface area contributed by atoms with Gasteiger partial charge in [0.15, 0.2) is 0 Å². The van der Waals surface area contributed by atoms with Crippen molar-refractivity contribution in [1.82, 2.24) is 5.32 Å². The van der Waals surface area contributed by atoms with E-state index in [1.54, 1.807) is 6.92 Å². The Bertz CT molecular complexity index is 418. The number of methoxy groups -OCH3 is 1. The van der Waals surface area contributed by atoms with Gasteiger partial charge in [0.25, 0.3) is 5.91 Å². The summed E-state index contributed by atoms with van der Waals surface area (Å²) in [6, 6.07) is 6.01. The molecule has 1 atom stereocenters. The van der Waals surface area contributed by atoms with Crippen LogP contribution in [-0.4, -0.2) is 25.7 Å². The van der Waals surface area contributed by atoms with E-state index >= 15 is 0 Å². The van der Waals surface area contributed by atoms with Crippen molar-refractivity contribution >= 4 is 11.6 Å². The van der Waals surface area contributed by atoms with Crippen molar-refractivity contribution in [2.75, 3.05) is 19.0 Å². The molecule has 1 aliphatic heterocycles. The highest BCUT2D eigenvalue weighted by Gasteiger charge is 2.16. The molecule has 0 aromatic heterocycles. The molecule has 4 nitrogen and oxygen atoms in total. The Morgan fingerprint density at radius 2 is 2.35 bits per heavy atom. The fourth-order valence-corrected chi connectivity index (χ4v) is 1.99. The highest BCUT2D eigenvalue weighted by atomic mass is 16.5. The molecule has 1 aliphatic rings. The molecule has 1 aromatic carbocycles. The number of nitrogens with one attached hydrogen (secondary N) is 2. The number of anilines is 1. The van der Waals surface area contributed by atoms with Crippen LogP contribution in [0.4, 0.5) is 5.69 Å². The molecule has 0 fully saturated rings. The fourth-order valence-electron chi connectivity index (χ4n) is 1.99. The summed E-state index contributed by atoms with van der Waals surface area (Å²) in [5.41, 5.74) is 3.42. The molecule has 4 heteroatoms. The summed E-state index contributed by atoms with van der Waals surface area (Å²) in [5, 5.41) is 6.25. The number of hydrogen-bond acceptors (Lipinski definition) is 3. The number of fused-ring (bicyclic) bond motifs is 1. The molecule has 2 N–H and O–H groups in total. The van der Waals surface area contributed by atoms with E-state index in [1.807, 2.05) is 12.1 Å². The van der Waals surface area contributed by atoms with Gasteiger partial charge in [0.2, 0.25) is 0 Å². The third-order valence-electron chi connectivity index (χ3n) is 3.12.